The number of sulfonamides is 1. The van der Waals surface area contributed by atoms with Gasteiger partial charge in [-0.25, -0.2) is 13.4 Å². The minimum absolute atomic E-state index is 0.0851. The Kier molecular flexibility index (Phi) is 6.87. The molecule has 0 bridgehead atoms. The Labute approximate surface area is 150 Å². The molecular formula is C14H23F3N6O2S. The normalized spacial score (nSPS) is 18.1. The van der Waals surface area contributed by atoms with E-state index in [2.05, 4.69) is 20.6 Å². The van der Waals surface area contributed by atoms with E-state index in [1.807, 2.05) is 10.8 Å². The summed E-state index contributed by atoms with van der Waals surface area (Å²) in [6, 6.07) is 0. The first-order chi connectivity index (χ1) is 12.2. The Balaban J connectivity index is 1.71. The second-order valence-corrected chi connectivity index (χ2v) is 7.90. The largest absolute Gasteiger partial charge is 0.511 e. The third-order valence-corrected chi connectivity index (χ3v) is 5.84. The lowest BCUT2D eigenvalue weighted by molar-refractivity contribution is -0.0496. The third kappa shape index (κ3) is 5.34. The number of guanidine groups is 1. The molecule has 0 amide bonds. The molecule has 12 heteroatoms. The minimum Gasteiger partial charge on any atom is -0.356 e. The maximum absolute atomic E-state index is 12.6. The molecule has 8 nitrogen and oxygen atoms in total. The fraction of sp³-hybridized carbons (Fsp3) is 0.714. The number of piperidine rings is 1. The van der Waals surface area contributed by atoms with Gasteiger partial charge >= 0.3 is 15.5 Å². The maximum atomic E-state index is 12.6. The van der Waals surface area contributed by atoms with E-state index in [0.29, 0.717) is 42.7 Å². The first-order valence-electron chi connectivity index (χ1n) is 8.20. The highest BCUT2D eigenvalue weighted by molar-refractivity contribution is 7.90. The zero-order valence-corrected chi connectivity index (χ0v) is 15.2. The van der Waals surface area contributed by atoms with Crippen LogP contribution in [0.5, 0.6) is 0 Å². The maximum Gasteiger partial charge on any atom is 0.511 e. The van der Waals surface area contributed by atoms with Crippen molar-refractivity contribution in [2.24, 2.45) is 10.9 Å². The van der Waals surface area contributed by atoms with Crippen molar-refractivity contribution < 1.29 is 21.6 Å². The molecule has 1 aliphatic heterocycles. The van der Waals surface area contributed by atoms with Gasteiger partial charge in [-0.15, -0.1) is 0 Å². The van der Waals surface area contributed by atoms with E-state index in [1.54, 1.807) is 19.6 Å². The van der Waals surface area contributed by atoms with Gasteiger partial charge in [0.15, 0.2) is 5.96 Å². The van der Waals surface area contributed by atoms with Gasteiger partial charge in [0, 0.05) is 52.2 Å². The molecule has 1 fully saturated rings. The second kappa shape index (κ2) is 8.71. The third-order valence-electron chi connectivity index (χ3n) is 4.21. The van der Waals surface area contributed by atoms with Gasteiger partial charge in [-0.05, 0) is 18.8 Å². The highest BCUT2D eigenvalue weighted by Crippen LogP contribution is 2.30. The lowest BCUT2D eigenvalue weighted by Crippen LogP contribution is -2.47. The van der Waals surface area contributed by atoms with Crippen LogP contribution in [0.15, 0.2) is 23.7 Å². The molecule has 1 aromatic heterocycles. The van der Waals surface area contributed by atoms with E-state index in [0.717, 1.165) is 0 Å². The Hall–Kier alpha value is -1.82. The number of nitrogens with one attached hydrogen (secondary N) is 2. The summed E-state index contributed by atoms with van der Waals surface area (Å²) in [5.74, 6) is 0.678. The van der Waals surface area contributed by atoms with Crippen molar-refractivity contribution in [3.05, 3.63) is 18.7 Å². The number of hydrogen-bond acceptors (Lipinski definition) is 4. The summed E-state index contributed by atoms with van der Waals surface area (Å²) in [6.45, 7) is 1.62. The summed E-state index contributed by atoms with van der Waals surface area (Å²) < 4.78 is 62.9. The van der Waals surface area contributed by atoms with E-state index in [-0.39, 0.29) is 19.0 Å². The van der Waals surface area contributed by atoms with Crippen LogP contribution in [0, 0.1) is 5.92 Å². The zero-order valence-electron chi connectivity index (χ0n) is 14.4. The van der Waals surface area contributed by atoms with E-state index in [4.69, 9.17) is 0 Å². The van der Waals surface area contributed by atoms with Gasteiger partial charge in [0.2, 0.25) is 0 Å². The predicted molar refractivity (Wildman–Crippen MR) is 90.9 cm³/mol. The van der Waals surface area contributed by atoms with E-state index in [1.165, 1.54) is 0 Å². The van der Waals surface area contributed by atoms with Gasteiger partial charge in [0.1, 0.15) is 0 Å². The highest BCUT2D eigenvalue weighted by atomic mass is 32.2. The van der Waals surface area contributed by atoms with Crippen LogP contribution in [0.2, 0.25) is 0 Å². The first-order valence-corrected chi connectivity index (χ1v) is 9.64. The predicted octanol–water partition coefficient (Wildman–Crippen LogP) is 0.610. The second-order valence-electron chi connectivity index (χ2n) is 5.97. The lowest BCUT2D eigenvalue weighted by Gasteiger charge is -2.31. The molecule has 0 aliphatic carbocycles. The molecule has 2 heterocycles. The smallest absolute Gasteiger partial charge is 0.356 e. The number of alkyl halides is 3. The van der Waals surface area contributed by atoms with Crippen molar-refractivity contribution in [3.63, 3.8) is 0 Å². The summed E-state index contributed by atoms with van der Waals surface area (Å²) in [4.78, 5) is 8.04. The minimum atomic E-state index is -5.24. The number of halogens is 3. The van der Waals surface area contributed by atoms with Crippen LogP contribution in [0.25, 0.3) is 0 Å². The van der Waals surface area contributed by atoms with E-state index >= 15 is 0 Å². The van der Waals surface area contributed by atoms with Crippen LogP contribution in [0.4, 0.5) is 13.2 Å². The number of nitrogens with zero attached hydrogens (tertiary/aromatic N) is 4. The molecule has 0 saturated carbocycles. The summed E-state index contributed by atoms with van der Waals surface area (Å²) in [5, 5.41) is 6.26. The molecule has 0 unspecified atom stereocenters. The van der Waals surface area contributed by atoms with Crippen LogP contribution in [0.1, 0.15) is 12.8 Å². The van der Waals surface area contributed by atoms with Crippen LogP contribution in [-0.2, 0) is 16.6 Å². The molecule has 0 spiro atoms. The number of rotatable bonds is 6. The summed E-state index contributed by atoms with van der Waals surface area (Å²) in [7, 11) is -3.59. The van der Waals surface area contributed by atoms with Crippen molar-refractivity contribution >= 4 is 16.0 Å². The Morgan fingerprint density at radius 3 is 2.54 bits per heavy atom. The quantitative estimate of drug-likeness (QED) is 0.543. The number of aromatic nitrogens is 2. The average molecular weight is 396 g/mol. The van der Waals surface area contributed by atoms with Crippen LogP contribution in [-0.4, -0.2) is 67.0 Å². The molecule has 1 aromatic rings. The van der Waals surface area contributed by atoms with Gasteiger partial charge in [0.05, 0.1) is 6.33 Å². The number of hydrogen-bond donors (Lipinski definition) is 2. The Morgan fingerprint density at radius 1 is 1.31 bits per heavy atom. The monoisotopic (exact) mass is 396 g/mol. The molecule has 1 aliphatic rings. The van der Waals surface area contributed by atoms with Gasteiger partial charge in [-0.1, -0.05) is 0 Å². The fourth-order valence-corrected chi connectivity index (χ4v) is 3.67. The molecule has 148 valence electrons. The Morgan fingerprint density at radius 2 is 2.00 bits per heavy atom. The molecule has 26 heavy (non-hydrogen) atoms. The van der Waals surface area contributed by atoms with E-state index < -0.39 is 15.5 Å². The fourth-order valence-electron chi connectivity index (χ4n) is 2.68. The molecule has 0 aromatic carbocycles. The lowest BCUT2D eigenvalue weighted by atomic mass is 9.98. The van der Waals surface area contributed by atoms with Crippen molar-refractivity contribution in [1.82, 2.24) is 24.5 Å². The van der Waals surface area contributed by atoms with Crippen LogP contribution in [0.3, 0.4) is 0 Å². The summed E-state index contributed by atoms with van der Waals surface area (Å²) in [6.07, 6.45) is 5.99. The standard InChI is InChI=1S/C14H23F3N6O2S/c1-18-13(20-5-9-22-8-4-19-11-22)21-10-12-2-6-23(7-3-12)26(24,25)14(15,16)17/h4,8,11-12H,2-3,5-7,9-10H2,1H3,(H2,18,20,21). The van der Waals surface area contributed by atoms with Crippen molar-refractivity contribution in [2.45, 2.75) is 24.9 Å². The molecule has 1 saturated heterocycles. The van der Waals surface area contributed by atoms with Crippen LogP contribution >= 0.6 is 0 Å². The van der Waals surface area contributed by atoms with Crippen LogP contribution < -0.4 is 10.6 Å². The molecule has 0 atom stereocenters. The zero-order chi connectivity index (χ0) is 19.2. The Bertz CT molecular complexity index is 682. The van der Waals surface area contributed by atoms with Crippen molar-refractivity contribution in [3.8, 4) is 0 Å². The highest BCUT2D eigenvalue weighted by Gasteiger charge is 2.50. The van der Waals surface area contributed by atoms with E-state index in [9.17, 15) is 21.6 Å². The number of aliphatic imine (C=N–C) groups is 1. The van der Waals surface area contributed by atoms with Gasteiger partial charge < -0.3 is 15.2 Å². The van der Waals surface area contributed by atoms with Gasteiger partial charge in [-0.3, -0.25) is 4.99 Å². The topological polar surface area (TPSA) is 91.6 Å². The SMILES string of the molecule is CN=C(NCCn1ccnc1)NCC1CCN(S(=O)(=O)C(F)(F)F)CC1. The van der Waals surface area contributed by atoms with Crippen molar-refractivity contribution in [1.29, 1.82) is 0 Å². The first kappa shape index (κ1) is 20.5. The number of imidazole rings is 1. The van der Waals surface area contributed by atoms with Gasteiger partial charge in [-0.2, -0.15) is 17.5 Å². The summed E-state index contributed by atoms with van der Waals surface area (Å²) >= 11 is 0. The average Bonchev–Trinajstić information content (AvgIpc) is 3.10. The molecule has 2 rings (SSSR count). The molecule has 2 N–H and O–H groups in total. The molecular weight excluding hydrogens is 373 g/mol. The van der Waals surface area contributed by atoms with Gasteiger partial charge in [0.25, 0.3) is 0 Å². The molecule has 0 radical (unpaired) electrons. The summed E-state index contributed by atoms with van der Waals surface area (Å²) in [5.41, 5.74) is -5.24. The van der Waals surface area contributed by atoms with Crippen molar-refractivity contribution in [2.75, 3.05) is 33.2 Å².